The Morgan fingerprint density at radius 3 is 2.57 bits per heavy atom. The number of aromatic hydroxyl groups is 1. The molecule has 0 aliphatic rings. The van der Waals surface area contributed by atoms with E-state index in [9.17, 15) is 18.7 Å². The van der Waals surface area contributed by atoms with Crippen molar-refractivity contribution in [3.63, 3.8) is 0 Å². The van der Waals surface area contributed by atoms with E-state index in [1.807, 2.05) is 0 Å². The largest absolute Gasteiger partial charge is 0.508 e. The number of aromatic nitrogens is 2. The van der Waals surface area contributed by atoms with E-state index in [0.717, 1.165) is 11.6 Å². The maximum absolute atomic E-state index is 14.3. The van der Waals surface area contributed by atoms with Gasteiger partial charge in [0.1, 0.15) is 12.4 Å². The van der Waals surface area contributed by atoms with Crippen LogP contribution >= 0.6 is 23.2 Å². The van der Waals surface area contributed by atoms with Crippen LogP contribution in [0.1, 0.15) is 11.3 Å². The Bertz CT molecular complexity index is 1490. The van der Waals surface area contributed by atoms with E-state index < -0.39 is 23.3 Å². The van der Waals surface area contributed by atoms with E-state index in [-0.39, 0.29) is 24.5 Å². The molecule has 6 nitrogen and oxygen atoms in total. The second-order valence-electron chi connectivity index (χ2n) is 8.04. The minimum atomic E-state index is -1.22. The van der Waals surface area contributed by atoms with Gasteiger partial charge in [-0.25, -0.2) is 9.07 Å². The zero-order valence-corrected chi connectivity index (χ0v) is 21.1. The van der Waals surface area contributed by atoms with Crippen LogP contribution in [0, 0.1) is 18.6 Å². The van der Waals surface area contributed by atoms with Gasteiger partial charge in [-0.05, 0) is 67.1 Å². The number of hydrogen-bond donors (Lipinski definition) is 2. The predicted octanol–water partition coefficient (Wildman–Crippen LogP) is 6.88. The first-order valence-corrected chi connectivity index (χ1v) is 11.8. The van der Waals surface area contributed by atoms with Crippen molar-refractivity contribution in [3.8, 4) is 28.4 Å². The highest BCUT2D eigenvalue weighted by molar-refractivity contribution is 6.35. The number of anilines is 1. The number of phenolic OH excluding ortho intramolecular Hbond substituents is 1. The van der Waals surface area contributed by atoms with Crippen LogP contribution in [0.3, 0.4) is 0 Å². The number of nitrogens with zero attached hydrogens (tertiary/aromatic N) is 2. The van der Waals surface area contributed by atoms with Gasteiger partial charge in [0.25, 0.3) is 0 Å². The van der Waals surface area contributed by atoms with Crippen molar-refractivity contribution in [1.29, 1.82) is 0 Å². The molecule has 0 fully saturated rings. The van der Waals surface area contributed by atoms with Gasteiger partial charge in [-0.2, -0.15) is 9.49 Å². The molecule has 0 aliphatic carbocycles. The van der Waals surface area contributed by atoms with Crippen LogP contribution in [0.15, 0.2) is 67.3 Å². The third-order valence-electron chi connectivity index (χ3n) is 5.50. The molecule has 1 heterocycles. The molecule has 0 aliphatic heterocycles. The van der Waals surface area contributed by atoms with Crippen LogP contribution in [-0.4, -0.2) is 27.4 Å². The fourth-order valence-electron chi connectivity index (χ4n) is 3.75. The molecule has 190 valence electrons. The molecule has 4 rings (SSSR count). The Balaban J connectivity index is 1.72. The number of rotatable bonds is 8. The van der Waals surface area contributed by atoms with Crippen LogP contribution in [0.5, 0.6) is 11.5 Å². The molecule has 1 aromatic heterocycles. The molecule has 2 N–H and O–H groups in total. The quantitative estimate of drug-likeness (QED) is 0.237. The zero-order chi connectivity index (χ0) is 26.7. The average Bonchev–Trinajstić information content (AvgIpc) is 3.17. The summed E-state index contributed by atoms with van der Waals surface area (Å²) in [6.07, 6.45) is 1.19. The monoisotopic (exact) mass is 543 g/mol. The predicted molar refractivity (Wildman–Crippen MR) is 140 cm³/mol. The minimum Gasteiger partial charge on any atom is -0.508 e. The molecule has 10 heteroatoms. The van der Waals surface area contributed by atoms with Crippen molar-refractivity contribution in [1.82, 2.24) is 9.78 Å². The van der Waals surface area contributed by atoms with Crippen molar-refractivity contribution in [2.45, 2.75) is 13.3 Å². The maximum Gasteiger partial charge on any atom is 0.230 e. The van der Waals surface area contributed by atoms with Gasteiger partial charge >= 0.3 is 0 Å². The highest BCUT2D eigenvalue weighted by Crippen LogP contribution is 2.34. The minimum absolute atomic E-state index is 0.0256. The summed E-state index contributed by atoms with van der Waals surface area (Å²) in [4.78, 5) is 13.0. The van der Waals surface area contributed by atoms with Crippen LogP contribution < -0.4 is 10.1 Å². The summed E-state index contributed by atoms with van der Waals surface area (Å²) in [6.45, 7) is 5.21. The van der Waals surface area contributed by atoms with Crippen molar-refractivity contribution < 1.29 is 23.4 Å². The number of nitrogens with one attached hydrogen (secondary N) is 1. The Kier molecular flexibility index (Phi) is 7.80. The fraction of sp³-hybridized carbons (Fsp3) is 0.111. The van der Waals surface area contributed by atoms with Crippen molar-refractivity contribution in [2.24, 2.45) is 0 Å². The topological polar surface area (TPSA) is 76.4 Å². The maximum atomic E-state index is 14.3. The Morgan fingerprint density at radius 2 is 1.89 bits per heavy atom. The molecule has 0 spiro atoms. The van der Waals surface area contributed by atoms with Crippen molar-refractivity contribution in [3.05, 3.63) is 100 Å². The van der Waals surface area contributed by atoms with Gasteiger partial charge in [-0.3, -0.25) is 4.79 Å². The molecule has 37 heavy (non-hydrogen) atoms. The molecule has 3 aromatic carbocycles. The number of phenols is 1. The van der Waals surface area contributed by atoms with Gasteiger partial charge in [-0.15, -0.1) is 0 Å². The number of carbonyl (C=O) groups is 1. The zero-order valence-electron chi connectivity index (χ0n) is 19.6. The molecular formula is C27H21Cl2F2N3O3. The first kappa shape index (κ1) is 26.2. The van der Waals surface area contributed by atoms with Crippen LogP contribution in [-0.2, 0) is 11.2 Å². The number of hydrogen-bond acceptors (Lipinski definition) is 4. The van der Waals surface area contributed by atoms with Crippen molar-refractivity contribution >= 4 is 34.8 Å². The van der Waals surface area contributed by atoms with Crippen LogP contribution in [0.2, 0.25) is 10.0 Å². The van der Waals surface area contributed by atoms with E-state index in [1.165, 1.54) is 24.3 Å². The molecule has 0 unspecified atom stereocenters. The fourth-order valence-corrected chi connectivity index (χ4v) is 4.24. The molecule has 0 atom stereocenters. The second-order valence-corrected chi connectivity index (χ2v) is 8.88. The summed E-state index contributed by atoms with van der Waals surface area (Å²) < 4.78 is 34.9. The molecule has 4 aromatic rings. The first-order chi connectivity index (χ1) is 17.7. The van der Waals surface area contributed by atoms with E-state index >= 15 is 0 Å². The molecule has 0 saturated carbocycles. The number of ether oxygens (including phenoxy) is 1. The lowest BCUT2D eigenvalue weighted by molar-refractivity contribution is -0.115. The number of amides is 1. The average molecular weight is 544 g/mol. The summed E-state index contributed by atoms with van der Waals surface area (Å²) in [5, 5.41) is 17.7. The Labute approximate surface area is 221 Å². The summed E-state index contributed by atoms with van der Waals surface area (Å²) in [5.41, 5.74) is 2.98. The molecule has 1 amide bonds. The van der Waals surface area contributed by atoms with Gasteiger partial charge in [0.2, 0.25) is 11.7 Å². The van der Waals surface area contributed by atoms with E-state index in [4.69, 9.17) is 27.9 Å². The van der Waals surface area contributed by atoms with Crippen molar-refractivity contribution in [2.75, 3.05) is 11.9 Å². The lowest BCUT2D eigenvalue weighted by atomic mass is 10.0. The first-order valence-electron chi connectivity index (χ1n) is 11.0. The normalized spacial score (nSPS) is 10.8. The highest BCUT2D eigenvalue weighted by atomic mass is 35.5. The molecule has 0 bridgehead atoms. The van der Waals surface area contributed by atoms with E-state index in [0.29, 0.717) is 32.7 Å². The second kappa shape index (κ2) is 11.0. The van der Waals surface area contributed by atoms with Gasteiger partial charge < -0.3 is 15.2 Å². The number of carbonyl (C=O) groups excluding carboxylic acids is 1. The molecule has 0 saturated heterocycles. The number of halogens is 4. The molecular weight excluding hydrogens is 523 g/mol. The lowest BCUT2D eigenvalue weighted by Gasteiger charge is -2.12. The van der Waals surface area contributed by atoms with E-state index in [2.05, 4.69) is 17.0 Å². The highest BCUT2D eigenvalue weighted by Gasteiger charge is 2.22. The van der Waals surface area contributed by atoms with Gasteiger partial charge in [0, 0.05) is 10.6 Å². The number of benzene rings is 3. The van der Waals surface area contributed by atoms with Crippen LogP contribution in [0.4, 0.5) is 14.5 Å². The van der Waals surface area contributed by atoms with Crippen LogP contribution in [0.25, 0.3) is 16.9 Å². The molecule has 0 radical (unpaired) electrons. The summed E-state index contributed by atoms with van der Waals surface area (Å²) in [6, 6.07) is 13.6. The summed E-state index contributed by atoms with van der Waals surface area (Å²) in [7, 11) is 0. The Hall–Kier alpha value is -3.88. The van der Waals surface area contributed by atoms with E-state index in [1.54, 1.807) is 41.9 Å². The standard InChI is InChI=1S/C27H21Cl2F2N3O3/c1-3-12-37-27-21(10-9-20(30)25(27)31)32-24(36)14-22-15(2)26(16-4-7-18(35)8-5-16)34(33-22)23-11-6-17(28)13-19(23)29/h3-11,13,35H,1,12,14H2,2H3,(H,32,36). The Morgan fingerprint density at radius 1 is 1.16 bits per heavy atom. The third kappa shape index (κ3) is 5.60. The SMILES string of the molecule is C=CCOc1c(NC(=O)Cc2nn(-c3ccc(Cl)cc3Cl)c(-c3ccc(O)cc3)c2C)ccc(F)c1F. The van der Waals surface area contributed by atoms with Gasteiger partial charge in [-0.1, -0.05) is 35.9 Å². The summed E-state index contributed by atoms with van der Waals surface area (Å²) in [5.74, 6) is -3.18. The lowest BCUT2D eigenvalue weighted by Crippen LogP contribution is -2.17. The third-order valence-corrected chi connectivity index (χ3v) is 6.03. The smallest absolute Gasteiger partial charge is 0.230 e. The van der Waals surface area contributed by atoms with Gasteiger partial charge in [0.15, 0.2) is 11.6 Å². The van der Waals surface area contributed by atoms with Gasteiger partial charge in [0.05, 0.1) is 34.2 Å². The summed E-state index contributed by atoms with van der Waals surface area (Å²) >= 11 is 12.5.